The highest BCUT2D eigenvalue weighted by Gasteiger charge is 2.09. The molecule has 0 saturated heterocycles. The van der Waals surface area contributed by atoms with Gasteiger partial charge in [0, 0.05) is 5.02 Å². The third-order valence-electron chi connectivity index (χ3n) is 2.19. The Bertz CT molecular complexity index is 593. The summed E-state index contributed by atoms with van der Waals surface area (Å²) in [5.41, 5.74) is 0.902. The van der Waals surface area contributed by atoms with Gasteiger partial charge in [0.2, 0.25) is 5.28 Å². The Kier molecular flexibility index (Phi) is 4.39. The molecular formula is C12H11Cl2N3O2. The number of hydrogen-bond donors (Lipinski definition) is 0. The Hall–Kier alpha value is -1.59. The molecule has 1 aromatic heterocycles. The van der Waals surface area contributed by atoms with Crippen molar-refractivity contribution in [1.29, 1.82) is 0 Å². The number of aryl methyl sites for hydroxylation is 1. The fourth-order valence-electron chi connectivity index (χ4n) is 1.34. The van der Waals surface area contributed by atoms with E-state index in [4.69, 9.17) is 32.7 Å². The van der Waals surface area contributed by atoms with Gasteiger partial charge in [0.15, 0.2) is 0 Å². The van der Waals surface area contributed by atoms with E-state index in [0.29, 0.717) is 17.4 Å². The van der Waals surface area contributed by atoms with Crippen molar-refractivity contribution in [1.82, 2.24) is 15.0 Å². The fraction of sp³-hybridized carbons (Fsp3) is 0.250. The molecule has 1 aromatic carbocycles. The van der Waals surface area contributed by atoms with Crippen molar-refractivity contribution in [3.63, 3.8) is 0 Å². The van der Waals surface area contributed by atoms with Gasteiger partial charge in [-0.15, -0.1) is 4.98 Å². The van der Waals surface area contributed by atoms with Crippen molar-refractivity contribution in [3.8, 4) is 17.8 Å². The molecule has 5 nitrogen and oxygen atoms in total. The zero-order valence-corrected chi connectivity index (χ0v) is 11.9. The molecule has 0 fully saturated rings. The summed E-state index contributed by atoms with van der Waals surface area (Å²) < 4.78 is 10.7. The number of ether oxygens (including phenoxy) is 2. The van der Waals surface area contributed by atoms with E-state index in [1.165, 1.54) is 0 Å². The number of rotatable bonds is 4. The van der Waals surface area contributed by atoms with Crippen LogP contribution in [-0.2, 0) is 0 Å². The number of halogens is 2. The lowest BCUT2D eigenvalue weighted by Crippen LogP contribution is -2.02. The van der Waals surface area contributed by atoms with Crippen molar-refractivity contribution in [2.24, 2.45) is 0 Å². The van der Waals surface area contributed by atoms with E-state index in [-0.39, 0.29) is 17.3 Å². The smallest absolute Gasteiger partial charge is 0.329 e. The van der Waals surface area contributed by atoms with Gasteiger partial charge < -0.3 is 9.47 Å². The molecular weight excluding hydrogens is 289 g/mol. The summed E-state index contributed by atoms with van der Waals surface area (Å²) in [5.74, 6) is 0.553. The molecule has 1 heterocycles. The molecule has 2 rings (SSSR count). The van der Waals surface area contributed by atoms with Crippen molar-refractivity contribution in [3.05, 3.63) is 34.1 Å². The molecule has 0 N–H and O–H groups in total. The largest absolute Gasteiger partial charge is 0.464 e. The van der Waals surface area contributed by atoms with Gasteiger partial charge in [0.25, 0.3) is 0 Å². The second-order valence-electron chi connectivity index (χ2n) is 3.61. The lowest BCUT2D eigenvalue weighted by molar-refractivity contribution is 0.303. The zero-order chi connectivity index (χ0) is 13.8. The van der Waals surface area contributed by atoms with Crippen LogP contribution in [0.2, 0.25) is 10.3 Å². The van der Waals surface area contributed by atoms with Gasteiger partial charge in [-0.2, -0.15) is 9.97 Å². The Labute approximate surface area is 120 Å². The first-order valence-electron chi connectivity index (χ1n) is 5.57. The number of hydrogen-bond acceptors (Lipinski definition) is 5. The lowest BCUT2D eigenvalue weighted by atomic mass is 10.2. The molecule has 19 heavy (non-hydrogen) atoms. The first kappa shape index (κ1) is 13.8. The predicted octanol–water partition coefficient (Wildman–Crippen LogP) is 3.68. The number of aromatic nitrogens is 3. The van der Waals surface area contributed by atoms with E-state index in [2.05, 4.69) is 15.0 Å². The quantitative estimate of drug-likeness (QED) is 0.862. The summed E-state index contributed by atoms with van der Waals surface area (Å²) in [4.78, 5) is 11.7. The summed E-state index contributed by atoms with van der Waals surface area (Å²) in [6, 6.07) is 5.47. The molecule has 0 unspecified atom stereocenters. The van der Waals surface area contributed by atoms with Gasteiger partial charge in [0.1, 0.15) is 5.75 Å². The van der Waals surface area contributed by atoms with Crippen LogP contribution in [0.1, 0.15) is 12.5 Å². The monoisotopic (exact) mass is 299 g/mol. The second kappa shape index (κ2) is 6.04. The van der Waals surface area contributed by atoms with Crippen LogP contribution in [0.5, 0.6) is 17.8 Å². The first-order valence-corrected chi connectivity index (χ1v) is 6.32. The van der Waals surface area contributed by atoms with Crippen LogP contribution in [0.3, 0.4) is 0 Å². The maximum Gasteiger partial charge on any atom is 0.329 e. The third-order valence-corrected chi connectivity index (χ3v) is 2.60. The van der Waals surface area contributed by atoms with Gasteiger partial charge in [-0.3, -0.25) is 0 Å². The summed E-state index contributed by atoms with van der Waals surface area (Å²) in [6.07, 6.45) is 0. The number of nitrogens with zero attached hydrogens (tertiary/aromatic N) is 3. The van der Waals surface area contributed by atoms with Crippen molar-refractivity contribution < 1.29 is 9.47 Å². The number of benzene rings is 1. The normalized spacial score (nSPS) is 10.3. The summed E-state index contributed by atoms with van der Waals surface area (Å²) >= 11 is 11.7. The van der Waals surface area contributed by atoms with Gasteiger partial charge in [-0.25, -0.2) is 0 Å². The lowest BCUT2D eigenvalue weighted by Gasteiger charge is -2.08. The Morgan fingerprint density at radius 1 is 1.11 bits per heavy atom. The highest BCUT2D eigenvalue weighted by atomic mass is 35.5. The van der Waals surface area contributed by atoms with Crippen molar-refractivity contribution >= 4 is 23.2 Å². The fourth-order valence-corrected chi connectivity index (χ4v) is 1.64. The van der Waals surface area contributed by atoms with Gasteiger partial charge in [0.05, 0.1) is 6.61 Å². The average molecular weight is 300 g/mol. The highest BCUT2D eigenvalue weighted by molar-refractivity contribution is 6.30. The summed E-state index contributed by atoms with van der Waals surface area (Å²) in [5, 5.41) is 0.568. The molecule has 0 aliphatic heterocycles. The molecule has 2 aromatic rings. The van der Waals surface area contributed by atoms with Crippen LogP contribution >= 0.6 is 23.2 Å². The van der Waals surface area contributed by atoms with Gasteiger partial charge in [-0.05, 0) is 43.1 Å². The SMILES string of the molecule is CCOc1nc(Cl)nc(Oc2cc(Cl)ccc2C)n1. The summed E-state index contributed by atoms with van der Waals surface area (Å²) in [7, 11) is 0. The van der Waals surface area contributed by atoms with Crippen molar-refractivity contribution in [2.75, 3.05) is 6.61 Å². The molecule has 0 bridgehead atoms. The Balaban J connectivity index is 2.29. The topological polar surface area (TPSA) is 57.1 Å². The van der Waals surface area contributed by atoms with E-state index in [1.807, 2.05) is 19.9 Å². The van der Waals surface area contributed by atoms with E-state index in [9.17, 15) is 0 Å². The molecule has 0 aliphatic rings. The van der Waals surface area contributed by atoms with E-state index < -0.39 is 0 Å². The molecule has 0 spiro atoms. The minimum atomic E-state index is 0.00753. The van der Waals surface area contributed by atoms with Gasteiger partial charge >= 0.3 is 12.0 Å². The third kappa shape index (κ3) is 3.68. The molecule has 0 atom stereocenters. The van der Waals surface area contributed by atoms with E-state index >= 15 is 0 Å². The van der Waals surface area contributed by atoms with Crippen LogP contribution in [0.4, 0.5) is 0 Å². The highest BCUT2D eigenvalue weighted by Crippen LogP contribution is 2.27. The average Bonchev–Trinajstić information content (AvgIpc) is 2.33. The van der Waals surface area contributed by atoms with Gasteiger partial charge in [-0.1, -0.05) is 17.7 Å². The van der Waals surface area contributed by atoms with Crippen LogP contribution in [0, 0.1) is 6.92 Å². The molecule has 7 heteroatoms. The van der Waals surface area contributed by atoms with Crippen LogP contribution in [0.25, 0.3) is 0 Å². The maximum absolute atomic E-state index is 5.91. The predicted molar refractivity (Wildman–Crippen MR) is 72.3 cm³/mol. The van der Waals surface area contributed by atoms with E-state index in [0.717, 1.165) is 5.56 Å². The van der Waals surface area contributed by atoms with Crippen LogP contribution < -0.4 is 9.47 Å². The Morgan fingerprint density at radius 2 is 1.84 bits per heavy atom. The minimum Gasteiger partial charge on any atom is -0.464 e. The standard InChI is InChI=1S/C12H11Cl2N3O2/c1-3-18-11-15-10(14)16-12(17-11)19-9-6-8(13)5-4-7(9)2/h4-6H,3H2,1-2H3. The minimum absolute atomic E-state index is 0.00753. The first-order chi connectivity index (χ1) is 9.08. The van der Waals surface area contributed by atoms with Crippen LogP contribution in [0.15, 0.2) is 18.2 Å². The Morgan fingerprint density at radius 3 is 2.58 bits per heavy atom. The van der Waals surface area contributed by atoms with E-state index in [1.54, 1.807) is 12.1 Å². The molecule has 100 valence electrons. The second-order valence-corrected chi connectivity index (χ2v) is 4.39. The molecule has 0 saturated carbocycles. The van der Waals surface area contributed by atoms with Crippen molar-refractivity contribution in [2.45, 2.75) is 13.8 Å². The molecule has 0 amide bonds. The van der Waals surface area contributed by atoms with Crippen LogP contribution in [-0.4, -0.2) is 21.6 Å². The molecule has 0 radical (unpaired) electrons. The molecule has 0 aliphatic carbocycles. The summed E-state index contributed by atoms with van der Waals surface area (Å²) in [6.45, 7) is 4.13. The zero-order valence-electron chi connectivity index (χ0n) is 10.4. The maximum atomic E-state index is 5.91.